The van der Waals surface area contributed by atoms with Crippen LogP contribution in [-0.2, 0) is 6.18 Å². The highest BCUT2D eigenvalue weighted by Crippen LogP contribution is 2.31. The molecule has 0 aliphatic rings. The summed E-state index contributed by atoms with van der Waals surface area (Å²) >= 11 is 0. The molecule has 0 saturated carbocycles. The average Bonchev–Trinajstić information content (AvgIpc) is 2.37. The third kappa shape index (κ3) is 4.93. The molecule has 1 rings (SSSR count). The molecule has 0 fully saturated rings. The second kappa shape index (κ2) is 6.80. The van der Waals surface area contributed by atoms with Gasteiger partial charge in [-0.2, -0.15) is 13.2 Å². The molecule has 4 nitrogen and oxygen atoms in total. The summed E-state index contributed by atoms with van der Waals surface area (Å²) in [6.07, 6.45) is -4.50. The van der Waals surface area contributed by atoms with Crippen LogP contribution in [0.15, 0.2) is 18.2 Å². The van der Waals surface area contributed by atoms with Gasteiger partial charge in [0, 0.05) is 24.8 Å². The number of anilines is 1. The van der Waals surface area contributed by atoms with E-state index in [9.17, 15) is 18.0 Å². The van der Waals surface area contributed by atoms with Crippen LogP contribution < -0.4 is 11.1 Å². The van der Waals surface area contributed by atoms with Crippen molar-refractivity contribution in [2.75, 3.05) is 25.9 Å². The number of amides is 1. The number of carbonyl (C=O) groups excluding carboxylic acids is 1. The average molecular weight is 303 g/mol. The van der Waals surface area contributed by atoms with Crippen molar-refractivity contribution >= 4 is 11.6 Å². The Balaban J connectivity index is 2.74. The smallest absolute Gasteiger partial charge is 0.398 e. The molecular formula is C14H20F3N3O. The second-order valence-electron chi connectivity index (χ2n) is 5.13. The quantitative estimate of drug-likeness (QED) is 0.821. The number of nitrogens with zero attached hydrogens (tertiary/aromatic N) is 1. The zero-order valence-corrected chi connectivity index (χ0v) is 12.3. The Kier molecular flexibility index (Phi) is 5.60. The third-order valence-electron chi connectivity index (χ3n) is 3.26. The highest BCUT2D eigenvalue weighted by molar-refractivity contribution is 5.99. The van der Waals surface area contributed by atoms with Gasteiger partial charge in [-0.15, -0.1) is 0 Å². The van der Waals surface area contributed by atoms with Gasteiger partial charge in [0.15, 0.2) is 0 Å². The van der Waals surface area contributed by atoms with Gasteiger partial charge in [-0.25, -0.2) is 0 Å². The molecule has 1 amide bonds. The molecule has 0 aliphatic carbocycles. The monoisotopic (exact) mass is 303 g/mol. The Labute approximate surface area is 122 Å². The third-order valence-corrected chi connectivity index (χ3v) is 3.26. The van der Waals surface area contributed by atoms with Gasteiger partial charge < -0.3 is 16.0 Å². The Hall–Kier alpha value is -1.76. The predicted molar refractivity (Wildman–Crippen MR) is 76.0 cm³/mol. The van der Waals surface area contributed by atoms with Crippen LogP contribution in [0.2, 0.25) is 0 Å². The molecule has 7 heteroatoms. The molecule has 0 atom stereocenters. The maximum absolute atomic E-state index is 12.6. The molecule has 0 aromatic heterocycles. The molecule has 3 N–H and O–H groups in total. The first-order chi connectivity index (χ1) is 9.62. The molecule has 0 spiro atoms. The summed E-state index contributed by atoms with van der Waals surface area (Å²) in [6, 6.07) is 3.05. The lowest BCUT2D eigenvalue weighted by atomic mass is 10.1. The minimum Gasteiger partial charge on any atom is -0.398 e. The van der Waals surface area contributed by atoms with E-state index in [1.807, 2.05) is 25.8 Å². The summed E-state index contributed by atoms with van der Waals surface area (Å²) in [4.78, 5) is 13.9. The number of halogens is 3. The maximum Gasteiger partial charge on any atom is 0.416 e. The maximum atomic E-state index is 12.6. The Morgan fingerprint density at radius 1 is 1.38 bits per heavy atom. The highest BCUT2D eigenvalue weighted by Gasteiger charge is 2.31. The van der Waals surface area contributed by atoms with E-state index >= 15 is 0 Å². The summed E-state index contributed by atoms with van der Waals surface area (Å²) in [5.41, 5.74) is 4.56. The number of carbonyl (C=O) groups is 1. The number of likely N-dealkylation sites (N-methyl/N-ethyl adjacent to an activating group) is 1. The molecule has 21 heavy (non-hydrogen) atoms. The van der Waals surface area contributed by atoms with E-state index in [-0.39, 0.29) is 11.3 Å². The number of alkyl halides is 3. The van der Waals surface area contributed by atoms with E-state index < -0.39 is 17.6 Å². The fourth-order valence-corrected chi connectivity index (χ4v) is 1.63. The van der Waals surface area contributed by atoms with E-state index in [0.29, 0.717) is 19.1 Å². The van der Waals surface area contributed by atoms with Crippen LogP contribution in [-0.4, -0.2) is 37.0 Å². The molecule has 1 aromatic rings. The van der Waals surface area contributed by atoms with Gasteiger partial charge in [-0.1, -0.05) is 0 Å². The SMILES string of the molecule is CC(C)N(C)CCNC(=O)c1cc(C(F)(F)F)ccc1N. The summed E-state index contributed by atoms with van der Waals surface area (Å²) in [5, 5.41) is 2.58. The van der Waals surface area contributed by atoms with Gasteiger partial charge in [0.2, 0.25) is 0 Å². The standard InChI is InChI=1S/C14H20F3N3O/c1-9(2)20(3)7-6-19-13(21)11-8-10(14(15,16)17)4-5-12(11)18/h4-5,8-9H,6-7,18H2,1-3H3,(H,19,21). The van der Waals surface area contributed by atoms with Gasteiger partial charge in [-0.3, -0.25) is 4.79 Å². The number of nitrogens with one attached hydrogen (secondary N) is 1. The molecule has 0 saturated heterocycles. The van der Waals surface area contributed by atoms with Crippen LogP contribution >= 0.6 is 0 Å². The van der Waals surface area contributed by atoms with Crippen LogP contribution in [0.25, 0.3) is 0 Å². The van der Waals surface area contributed by atoms with Crippen molar-refractivity contribution in [3.05, 3.63) is 29.3 Å². The molecule has 0 heterocycles. The van der Waals surface area contributed by atoms with E-state index in [2.05, 4.69) is 5.32 Å². The number of rotatable bonds is 5. The fourth-order valence-electron chi connectivity index (χ4n) is 1.63. The summed E-state index contributed by atoms with van der Waals surface area (Å²) in [6.45, 7) is 4.95. The minimum absolute atomic E-state index is 0.0257. The van der Waals surface area contributed by atoms with Crippen molar-refractivity contribution in [1.29, 1.82) is 0 Å². The molecule has 0 radical (unpaired) electrons. The fraction of sp³-hybridized carbons (Fsp3) is 0.500. The van der Waals surface area contributed by atoms with Gasteiger partial charge in [0.25, 0.3) is 5.91 Å². The lowest BCUT2D eigenvalue weighted by Gasteiger charge is -2.21. The second-order valence-corrected chi connectivity index (χ2v) is 5.13. The normalized spacial score (nSPS) is 12.0. The van der Waals surface area contributed by atoms with Gasteiger partial charge in [0.1, 0.15) is 0 Å². The summed E-state index contributed by atoms with van der Waals surface area (Å²) < 4.78 is 37.9. The van der Waals surface area contributed by atoms with Gasteiger partial charge >= 0.3 is 6.18 Å². The zero-order chi connectivity index (χ0) is 16.2. The molecular weight excluding hydrogens is 283 g/mol. The first kappa shape index (κ1) is 17.3. The minimum atomic E-state index is -4.50. The van der Waals surface area contributed by atoms with Crippen molar-refractivity contribution < 1.29 is 18.0 Å². The molecule has 1 aromatic carbocycles. The molecule has 118 valence electrons. The van der Waals surface area contributed by atoms with Gasteiger partial charge in [0.05, 0.1) is 11.1 Å². The van der Waals surface area contributed by atoms with E-state index in [1.165, 1.54) is 0 Å². The van der Waals surface area contributed by atoms with Crippen molar-refractivity contribution in [3.63, 3.8) is 0 Å². The zero-order valence-electron chi connectivity index (χ0n) is 12.3. The number of hydrogen-bond donors (Lipinski definition) is 2. The van der Waals surface area contributed by atoms with Crippen molar-refractivity contribution in [1.82, 2.24) is 10.2 Å². The Morgan fingerprint density at radius 3 is 2.52 bits per heavy atom. The van der Waals surface area contributed by atoms with Crippen LogP contribution in [0, 0.1) is 0 Å². The first-order valence-electron chi connectivity index (χ1n) is 6.58. The number of nitrogen functional groups attached to an aromatic ring is 1. The van der Waals surface area contributed by atoms with E-state index in [0.717, 1.165) is 18.2 Å². The summed E-state index contributed by atoms with van der Waals surface area (Å²) in [5.74, 6) is -0.601. The summed E-state index contributed by atoms with van der Waals surface area (Å²) in [7, 11) is 1.90. The Morgan fingerprint density at radius 2 is 2.00 bits per heavy atom. The predicted octanol–water partition coefficient (Wildman–Crippen LogP) is 2.36. The first-order valence-corrected chi connectivity index (χ1v) is 6.58. The molecule has 0 unspecified atom stereocenters. The van der Waals surface area contributed by atoms with Crippen LogP contribution in [0.4, 0.5) is 18.9 Å². The lowest BCUT2D eigenvalue weighted by molar-refractivity contribution is -0.137. The van der Waals surface area contributed by atoms with Crippen LogP contribution in [0.1, 0.15) is 29.8 Å². The topological polar surface area (TPSA) is 58.4 Å². The number of nitrogens with two attached hydrogens (primary N) is 1. The van der Waals surface area contributed by atoms with Crippen LogP contribution in [0.3, 0.4) is 0 Å². The number of benzene rings is 1. The van der Waals surface area contributed by atoms with Gasteiger partial charge in [-0.05, 0) is 39.1 Å². The van der Waals surface area contributed by atoms with E-state index in [1.54, 1.807) is 0 Å². The van der Waals surface area contributed by atoms with E-state index in [4.69, 9.17) is 5.73 Å². The van der Waals surface area contributed by atoms with Crippen molar-refractivity contribution in [2.45, 2.75) is 26.1 Å². The van der Waals surface area contributed by atoms with Crippen molar-refractivity contribution in [3.8, 4) is 0 Å². The molecule has 0 aliphatic heterocycles. The largest absolute Gasteiger partial charge is 0.416 e. The molecule has 0 bridgehead atoms. The van der Waals surface area contributed by atoms with Crippen molar-refractivity contribution in [2.24, 2.45) is 0 Å². The Bertz CT molecular complexity index is 501. The number of hydrogen-bond acceptors (Lipinski definition) is 3. The lowest BCUT2D eigenvalue weighted by Crippen LogP contribution is -2.36. The van der Waals surface area contributed by atoms with Crippen LogP contribution in [0.5, 0.6) is 0 Å². The highest BCUT2D eigenvalue weighted by atomic mass is 19.4.